The van der Waals surface area contributed by atoms with Crippen LogP contribution in [0, 0.1) is 5.41 Å². The molecular weight excluding hydrogens is 226 g/mol. The van der Waals surface area contributed by atoms with E-state index in [1.165, 1.54) is 12.1 Å². The number of hydrogen-bond donors (Lipinski definition) is 0. The van der Waals surface area contributed by atoms with Crippen molar-refractivity contribution < 1.29 is 9.21 Å². The molecule has 3 rings (SSSR count). The molecule has 1 fully saturated rings. The largest absolute Gasteiger partial charge is 0.472 e. The lowest BCUT2D eigenvalue weighted by Gasteiger charge is -2.31. The molecule has 1 aromatic rings. The summed E-state index contributed by atoms with van der Waals surface area (Å²) in [7, 11) is 0. The molecule has 2 heterocycles. The molecule has 1 aliphatic carbocycles. The lowest BCUT2D eigenvalue weighted by Crippen LogP contribution is -2.28. The third-order valence-corrected chi connectivity index (χ3v) is 4.23. The molecule has 2 aliphatic rings. The van der Waals surface area contributed by atoms with Crippen molar-refractivity contribution >= 4 is 5.91 Å². The molecule has 1 unspecified atom stereocenters. The van der Waals surface area contributed by atoms with Crippen LogP contribution in [0.3, 0.4) is 0 Å². The van der Waals surface area contributed by atoms with E-state index in [9.17, 15) is 4.79 Å². The third kappa shape index (κ3) is 1.88. The van der Waals surface area contributed by atoms with Crippen molar-refractivity contribution in [3.63, 3.8) is 0 Å². The summed E-state index contributed by atoms with van der Waals surface area (Å²) in [6.45, 7) is 3.01. The van der Waals surface area contributed by atoms with Crippen LogP contribution in [0.15, 0.2) is 34.8 Å². The van der Waals surface area contributed by atoms with E-state index in [4.69, 9.17) is 4.42 Å². The normalized spacial score (nSPS) is 27.3. The number of carbonyl (C=O) groups excluding carboxylic acids is 1. The first kappa shape index (κ1) is 11.6. The first-order valence-electron chi connectivity index (χ1n) is 6.71. The number of hydrogen-bond acceptors (Lipinski definition) is 2. The first-order valence-corrected chi connectivity index (χ1v) is 6.71. The monoisotopic (exact) mass is 245 g/mol. The van der Waals surface area contributed by atoms with Gasteiger partial charge in [0.05, 0.1) is 12.5 Å². The summed E-state index contributed by atoms with van der Waals surface area (Å²) in [5.41, 5.74) is 2.53. The number of nitrogens with zero attached hydrogens (tertiary/aromatic N) is 1. The van der Waals surface area contributed by atoms with Crippen molar-refractivity contribution in [1.29, 1.82) is 0 Å². The molecule has 3 nitrogen and oxygen atoms in total. The zero-order valence-corrected chi connectivity index (χ0v) is 10.8. The van der Waals surface area contributed by atoms with Crippen LogP contribution in [0.1, 0.15) is 38.2 Å². The van der Waals surface area contributed by atoms with Gasteiger partial charge in [0, 0.05) is 24.1 Å². The van der Waals surface area contributed by atoms with Crippen LogP contribution in [0.25, 0.3) is 0 Å². The van der Waals surface area contributed by atoms with Crippen molar-refractivity contribution in [2.45, 2.75) is 39.0 Å². The molecule has 0 N–H and O–H groups in total. The number of likely N-dealkylation sites (tertiary alicyclic amines) is 1. The summed E-state index contributed by atoms with van der Waals surface area (Å²) >= 11 is 0. The Hall–Kier alpha value is -1.51. The maximum atomic E-state index is 12.2. The molecule has 1 atom stereocenters. The highest BCUT2D eigenvalue weighted by atomic mass is 16.3. The summed E-state index contributed by atoms with van der Waals surface area (Å²) in [6, 6.07) is 1.97. The van der Waals surface area contributed by atoms with Crippen LogP contribution in [-0.4, -0.2) is 17.4 Å². The Balaban J connectivity index is 1.75. The molecule has 1 aromatic heterocycles. The van der Waals surface area contributed by atoms with Gasteiger partial charge in [-0.3, -0.25) is 4.79 Å². The molecule has 0 aromatic carbocycles. The van der Waals surface area contributed by atoms with E-state index in [-0.39, 0.29) is 11.3 Å². The maximum Gasteiger partial charge on any atom is 0.227 e. The summed E-state index contributed by atoms with van der Waals surface area (Å²) < 4.78 is 5.06. The Labute approximate surface area is 107 Å². The van der Waals surface area contributed by atoms with E-state index < -0.39 is 0 Å². The van der Waals surface area contributed by atoms with E-state index in [0.29, 0.717) is 6.42 Å². The lowest BCUT2D eigenvalue weighted by molar-refractivity contribution is -0.127. The van der Waals surface area contributed by atoms with Gasteiger partial charge in [0.15, 0.2) is 0 Å². The van der Waals surface area contributed by atoms with Gasteiger partial charge in [-0.25, -0.2) is 0 Å². The fraction of sp³-hybridized carbons (Fsp3) is 0.533. The number of fused-ring (bicyclic) bond motifs is 1. The minimum atomic E-state index is 0.103. The smallest absolute Gasteiger partial charge is 0.227 e. The Bertz CT molecular complexity index is 475. The van der Waals surface area contributed by atoms with Crippen LogP contribution in [0.2, 0.25) is 0 Å². The summed E-state index contributed by atoms with van der Waals surface area (Å²) in [6.07, 6.45) is 10.7. The van der Waals surface area contributed by atoms with Crippen molar-refractivity contribution in [2.75, 3.05) is 6.54 Å². The predicted molar refractivity (Wildman–Crippen MR) is 68.8 cm³/mol. The third-order valence-electron chi connectivity index (χ3n) is 4.23. The summed E-state index contributed by atoms with van der Waals surface area (Å²) in [5, 5.41) is 0. The lowest BCUT2D eigenvalue weighted by atomic mass is 9.77. The van der Waals surface area contributed by atoms with Crippen molar-refractivity contribution in [1.82, 2.24) is 4.90 Å². The topological polar surface area (TPSA) is 33.5 Å². The van der Waals surface area contributed by atoms with Gasteiger partial charge in [-0.05, 0) is 37.3 Å². The highest BCUT2D eigenvalue weighted by molar-refractivity contribution is 5.83. The summed E-state index contributed by atoms with van der Waals surface area (Å²) in [5.74, 6) is 0.286. The Morgan fingerprint density at radius 3 is 3.17 bits per heavy atom. The predicted octanol–water partition coefficient (Wildman–Crippen LogP) is 3.13. The van der Waals surface area contributed by atoms with Gasteiger partial charge in [0.25, 0.3) is 0 Å². The zero-order valence-electron chi connectivity index (χ0n) is 10.8. The molecule has 0 spiro atoms. The highest BCUT2D eigenvalue weighted by Crippen LogP contribution is 2.47. The van der Waals surface area contributed by atoms with Gasteiger partial charge in [-0.2, -0.15) is 0 Å². The van der Waals surface area contributed by atoms with Crippen molar-refractivity contribution in [3.8, 4) is 0 Å². The molecule has 18 heavy (non-hydrogen) atoms. The van der Waals surface area contributed by atoms with Gasteiger partial charge in [0.1, 0.15) is 0 Å². The molecule has 1 aliphatic heterocycles. The Morgan fingerprint density at radius 1 is 1.50 bits per heavy atom. The highest BCUT2D eigenvalue weighted by Gasteiger charge is 2.44. The van der Waals surface area contributed by atoms with E-state index in [1.54, 1.807) is 12.5 Å². The second kappa shape index (κ2) is 4.30. The van der Waals surface area contributed by atoms with Gasteiger partial charge in [-0.1, -0.05) is 13.0 Å². The molecule has 3 heteroatoms. The van der Waals surface area contributed by atoms with Gasteiger partial charge < -0.3 is 9.32 Å². The molecular formula is C15H19NO2. The average Bonchev–Trinajstić information content (AvgIpc) is 2.91. The number of furan rings is 1. The minimum Gasteiger partial charge on any atom is -0.472 e. The van der Waals surface area contributed by atoms with Crippen LogP contribution in [0.5, 0.6) is 0 Å². The number of carbonyl (C=O) groups is 1. The van der Waals surface area contributed by atoms with Crippen molar-refractivity contribution in [2.24, 2.45) is 5.41 Å². The zero-order chi connectivity index (χ0) is 12.6. The van der Waals surface area contributed by atoms with Crippen LogP contribution < -0.4 is 0 Å². The van der Waals surface area contributed by atoms with Crippen molar-refractivity contribution in [3.05, 3.63) is 35.9 Å². The van der Waals surface area contributed by atoms with Crippen LogP contribution in [-0.2, 0) is 11.2 Å². The molecule has 0 saturated carbocycles. The SMILES string of the molecule is CC12CCCC=C1N(CCc1ccoc1)C(=O)C2. The Kier molecular flexibility index (Phi) is 2.77. The number of amides is 1. The molecule has 1 amide bonds. The molecule has 0 bridgehead atoms. The van der Waals surface area contributed by atoms with Gasteiger partial charge in [-0.15, -0.1) is 0 Å². The van der Waals surface area contributed by atoms with E-state index in [0.717, 1.165) is 31.4 Å². The molecule has 0 radical (unpaired) electrons. The standard InChI is InChI=1S/C15H19NO2/c1-15-7-3-2-4-13(15)16(14(17)10-15)8-5-12-6-9-18-11-12/h4,6,9,11H,2-3,5,7-8,10H2,1H3. The maximum absolute atomic E-state index is 12.2. The number of allylic oxidation sites excluding steroid dienone is 2. The van der Waals surface area contributed by atoms with Crippen LogP contribution in [0.4, 0.5) is 0 Å². The van der Waals surface area contributed by atoms with E-state index in [1.807, 2.05) is 11.0 Å². The van der Waals surface area contributed by atoms with Gasteiger partial charge in [0.2, 0.25) is 5.91 Å². The quantitative estimate of drug-likeness (QED) is 0.819. The van der Waals surface area contributed by atoms with Crippen LogP contribution >= 0.6 is 0 Å². The van der Waals surface area contributed by atoms with Gasteiger partial charge >= 0.3 is 0 Å². The number of rotatable bonds is 3. The van der Waals surface area contributed by atoms with E-state index >= 15 is 0 Å². The fourth-order valence-electron chi connectivity index (χ4n) is 3.20. The second-order valence-electron chi connectivity index (χ2n) is 5.65. The first-order chi connectivity index (χ1) is 8.69. The second-order valence-corrected chi connectivity index (χ2v) is 5.65. The average molecular weight is 245 g/mol. The fourth-order valence-corrected chi connectivity index (χ4v) is 3.20. The summed E-state index contributed by atoms with van der Waals surface area (Å²) in [4.78, 5) is 14.2. The molecule has 1 saturated heterocycles. The minimum absolute atomic E-state index is 0.103. The molecule has 96 valence electrons. The Morgan fingerprint density at radius 2 is 2.39 bits per heavy atom. The van der Waals surface area contributed by atoms with E-state index in [2.05, 4.69) is 13.0 Å².